The summed E-state index contributed by atoms with van der Waals surface area (Å²) in [5.74, 6) is 0.364. The molecule has 0 spiro atoms. The summed E-state index contributed by atoms with van der Waals surface area (Å²) in [5, 5.41) is 5.76. The Kier molecular flexibility index (Phi) is 3.42. The first-order valence-electron chi connectivity index (χ1n) is 5.33. The van der Waals surface area contributed by atoms with Crippen LogP contribution in [0.15, 0.2) is 27.8 Å². The van der Waals surface area contributed by atoms with Crippen LogP contribution in [-0.4, -0.2) is 22.9 Å². The van der Waals surface area contributed by atoms with Crippen molar-refractivity contribution in [2.45, 2.75) is 25.9 Å². The SMILES string of the molecule is CC(C)NC1=NC(c2ccc(Br)cn2)C(=O)N1. The topological polar surface area (TPSA) is 66.4 Å². The van der Waals surface area contributed by atoms with E-state index in [2.05, 4.69) is 36.5 Å². The molecule has 0 radical (unpaired) electrons. The van der Waals surface area contributed by atoms with E-state index in [1.165, 1.54) is 0 Å². The van der Waals surface area contributed by atoms with Gasteiger partial charge in [0.05, 0.1) is 5.69 Å². The van der Waals surface area contributed by atoms with Gasteiger partial charge in [0, 0.05) is 16.7 Å². The normalized spacial score (nSPS) is 19.2. The van der Waals surface area contributed by atoms with Crippen molar-refractivity contribution in [3.05, 3.63) is 28.5 Å². The summed E-state index contributed by atoms with van der Waals surface area (Å²) in [6.07, 6.45) is 1.66. The molecule has 1 atom stereocenters. The predicted octanol–water partition coefficient (Wildman–Crippen LogP) is 1.37. The molecule has 2 N–H and O–H groups in total. The van der Waals surface area contributed by atoms with E-state index < -0.39 is 6.04 Å². The minimum absolute atomic E-state index is 0.150. The molecular formula is C11H13BrN4O. The Morgan fingerprint density at radius 2 is 2.24 bits per heavy atom. The molecule has 5 nitrogen and oxygen atoms in total. The van der Waals surface area contributed by atoms with E-state index in [9.17, 15) is 4.79 Å². The zero-order valence-corrected chi connectivity index (χ0v) is 11.2. The van der Waals surface area contributed by atoms with Crippen LogP contribution in [0, 0.1) is 0 Å². The summed E-state index contributed by atoms with van der Waals surface area (Å²) in [5.41, 5.74) is 0.645. The lowest BCUT2D eigenvalue weighted by Crippen LogP contribution is -2.40. The fourth-order valence-corrected chi connectivity index (χ4v) is 1.74. The fourth-order valence-electron chi connectivity index (χ4n) is 1.50. The number of hydrogen-bond donors (Lipinski definition) is 2. The Morgan fingerprint density at radius 1 is 1.47 bits per heavy atom. The van der Waals surface area contributed by atoms with E-state index in [1.807, 2.05) is 19.9 Å². The second-order valence-electron chi connectivity index (χ2n) is 4.07. The van der Waals surface area contributed by atoms with Crippen LogP contribution < -0.4 is 10.6 Å². The van der Waals surface area contributed by atoms with E-state index in [-0.39, 0.29) is 11.9 Å². The minimum Gasteiger partial charge on any atom is -0.354 e. The molecular weight excluding hydrogens is 284 g/mol. The molecule has 90 valence electrons. The van der Waals surface area contributed by atoms with Crippen LogP contribution in [0.2, 0.25) is 0 Å². The first-order chi connectivity index (χ1) is 8.06. The van der Waals surface area contributed by atoms with Gasteiger partial charge in [-0.2, -0.15) is 0 Å². The highest BCUT2D eigenvalue weighted by molar-refractivity contribution is 9.10. The van der Waals surface area contributed by atoms with Crippen LogP contribution in [0.1, 0.15) is 25.6 Å². The van der Waals surface area contributed by atoms with Gasteiger partial charge in [0.2, 0.25) is 0 Å². The Hall–Kier alpha value is -1.43. The molecule has 1 aromatic rings. The second-order valence-corrected chi connectivity index (χ2v) is 4.99. The Labute approximate surface area is 108 Å². The number of carbonyl (C=O) groups excluding carboxylic acids is 1. The number of halogens is 1. The van der Waals surface area contributed by atoms with E-state index in [0.29, 0.717) is 11.7 Å². The molecule has 17 heavy (non-hydrogen) atoms. The number of nitrogens with zero attached hydrogens (tertiary/aromatic N) is 2. The maximum atomic E-state index is 11.7. The van der Waals surface area contributed by atoms with Gasteiger partial charge in [-0.1, -0.05) is 0 Å². The van der Waals surface area contributed by atoms with Gasteiger partial charge < -0.3 is 5.32 Å². The van der Waals surface area contributed by atoms with Crippen molar-refractivity contribution in [3.8, 4) is 0 Å². The van der Waals surface area contributed by atoms with Crippen LogP contribution >= 0.6 is 15.9 Å². The van der Waals surface area contributed by atoms with Crippen LogP contribution in [0.5, 0.6) is 0 Å². The number of hydrogen-bond acceptors (Lipinski definition) is 4. The number of carbonyl (C=O) groups is 1. The summed E-state index contributed by atoms with van der Waals surface area (Å²) in [4.78, 5) is 20.2. The third kappa shape index (κ3) is 2.82. The van der Waals surface area contributed by atoms with Gasteiger partial charge in [0.15, 0.2) is 12.0 Å². The van der Waals surface area contributed by atoms with Gasteiger partial charge >= 0.3 is 0 Å². The van der Waals surface area contributed by atoms with Gasteiger partial charge in [0.25, 0.3) is 5.91 Å². The van der Waals surface area contributed by atoms with Crippen molar-refractivity contribution >= 4 is 27.8 Å². The first-order valence-corrected chi connectivity index (χ1v) is 6.12. The molecule has 1 amide bonds. The van der Waals surface area contributed by atoms with Crippen molar-refractivity contribution in [1.29, 1.82) is 0 Å². The quantitative estimate of drug-likeness (QED) is 0.866. The zero-order valence-electron chi connectivity index (χ0n) is 9.57. The van der Waals surface area contributed by atoms with Gasteiger partial charge in [0.1, 0.15) is 0 Å². The van der Waals surface area contributed by atoms with Gasteiger partial charge in [-0.05, 0) is 41.9 Å². The molecule has 1 aliphatic rings. The van der Waals surface area contributed by atoms with E-state index in [4.69, 9.17) is 0 Å². The number of rotatable bonds is 2. The Morgan fingerprint density at radius 3 is 2.82 bits per heavy atom. The minimum atomic E-state index is -0.552. The van der Waals surface area contributed by atoms with Crippen molar-refractivity contribution in [2.75, 3.05) is 0 Å². The lowest BCUT2D eigenvalue weighted by atomic mass is 10.2. The number of aliphatic imine (C=N–C) groups is 1. The smallest absolute Gasteiger partial charge is 0.257 e. The molecule has 0 saturated carbocycles. The number of nitrogens with one attached hydrogen (secondary N) is 2. The van der Waals surface area contributed by atoms with Crippen LogP contribution in [0.4, 0.5) is 0 Å². The van der Waals surface area contributed by atoms with Gasteiger partial charge in [-0.25, -0.2) is 4.99 Å². The van der Waals surface area contributed by atoms with Gasteiger partial charge in [-0.3, -0.25) is 15.1 Å². The third-order valence-electron chi connectivity index (χ3n) is 2.20. The molecule has 0 bridgehead atoms. The second kappa shape index (κ2) is 4.83. The zero-order chi connectivity index (χ0) is 12.4. The molecule has 0 fully saturated rings. The summed E-state index contributed by atoms with van der Waals surface area (Å²) in [6.45, 7) is 3.97. The van der Waals surface area contributed by atoms with Crippen molar-refractivity contribution < 1.29 is 4.79 Å². The lowest BCUT2D eigenvalue weighted by Gasteiger charge is -2.07. The number of pyridine rings is 1. The molecule has 2 heterocycles. The molecule has 2 rings (SSSR count). The maximum Gasteiger partial charge on any atom is 0.257 e. The number of guanidine groups is 1. The van der Waals surface area contributed by atoms with E-state index in [0.717, 1.165) is 4.47 Å². The molecule has 1 aromatic heterocycles. The van der Waals surface area contributed by atoms with Crippen LogP contribution in [0.25, 0.3) is 0 Å². The average Bonchev–Trinajstić information content (AvgIpc) is 2.59. The van der Waals surface area contributed by atoms with Crippen molar-refractivity contribution in [1.82, 2.24) is 15.6 Å². The Balaban J connectivity index is 2.18. The predicted molar refractivity (Wildman–Crippen MR) is 68.5 cm³/mol. The fraction of sp³-hybridized carbons (Fsp3) is 0.364. The highest BCUT2D eigenvalue weighted by Gasteiger charge is 2.28. The summed E-state index contributed by atoms with van der Waals surface area (Å²) >= 11 is 3.30. The molecule has 0 aromatic carbocycles. The summed E-state index contributed by atoms with van der Waals surface area (Å²) < 4.78 is 0.879. The molecule has 6 heteroatoms. The number of aromatic nitrogens is 1. The summed E-state index contributed by atoms with van der Waals surface area (Å²) in [6, 6.07) is 3.31. The lowest BCUT2D eigenvalue weighted by molar-refractivity contribution is -0.120. The van der Waals surface area contributed by atoms with E-state index >= 15 is 0 Å². The van der Waals surface area contributed by atoms with Gasteiger partial charge in [-0.15, -0.1) is 0 Å². The summed E-state index contributed by atoms with van der Waals surface area (Å²) in [7, 11) is 0. The highest BCUT2D eigenvalue weighted by atomic mass is 79.9. The molecule has 1 unspecified atom stereocenters. The molecule has 1 aliphatic heterocycles. The maximum absolute atomic E-state index is 11.7. The molecule has 0 saturated heterocycles. The highest BCUT2D eigenvalue weighted by Crippen LogP contribution is 2.20. The molecule has 0 aliphatic carbocycles. The monoisotopic (exact) mass is 296 g/mol. The van der Waals surface area contributed by atoms with Crippen LogP contribution in [-0.2, 0) is 4.79 Å². The van der Waals surface area contributed by atoms with E-state index in [1.54, 1.807) is 12.3 Å². The van der Waals surface area contributed by atoms with Crippen molar-refractivity contribution in [3.63, 3.8) is 0 Å². The third-order valence-corrected chi connectivity index (χ3v) is 2.67. The average molecular weight is 297 g/mol. The standard InChI is InChI=1S/C11H13BrN4O/c1-6(2)14-11-15-9(10(17)16-11)8-4-3-7(12)5-13-8/h3-6,9H,1-2H3,(H2,14,15,16,17). The first kappa shape index (κ1) is 12.0. The Bertz CT molecular complexity index is 455. The van der Waals surface area contributed by atoms with Crippen molar-refractivity contribution in [2.24, 2.45) is 4.99 Å². The van der Waals surface area contributed by atoms with Crippen LogP contribution in [0.3, 0.4) is 0 Å². The number of amides is 1. The largest absolute Gasteiger partial charge is 0.354 e.